The lowest BCUT2D eigenvalue weighted by molar-refractivity contribution is -0.118. The van der Waals surface area contributed by atoms with Crippen LogP contribution in [0.4, 0.5) is 10.1 Å². The lowest BCUT2D eigenvalue weighted by atomic mass is 9.75. The van der Waals surface area contributed by atoms with Crippen molar-refractivity contribution in [3.8, 4) is 11.4 Å². The fourth-order valence-corrected chi connectivity index (χ4v) is 3.49. The summed E-state index contributed by atoms with van der Waals surface area (Å²) in [6.45, 7) is 0. The first-order valence-electron chi connectivity index (χ1n) is 7.29. The maximum absolute atomic E-state index is 13.9. The van der Waals surface area contributed by atoms with Crippen molar-refractivity contribution in [1.82, 2.24) is 15.2 Å². The van der Waals surface area contributed by atoms with E-state index in [1.165, 1.54) is 12.4 Å². The summed E-state index contributed by atoms with van der Waals surface area (Å²) in [5.41, 5.74) is 6.73. The Morgan fingerprint density at radius 3 is 2.91 bits per heavy atom. The largest absolute Gasteiger partial charge is 0.328 e. The van der Waals surface area contributed by atoms with Crippen molar-refractivity contribution < 1.29 is 9.18 Å². The van der Waals surface area contributed by atoms with Crippen molar-refractivity contribution in [3.05, 3.63) is 30.3 Å². The number of H-pyrrole nitrogens is 1. The van der Waals surface area contributed by atoms with E-state index >= 15 is 0 Å². The van der Waals surface area contributed by atoms with Crippen LogP contribution in [0.25, 0.3) is 11.4 Å². The zero-order valence-electron chi connectivity index (χ0n) is 11.8. The first-order chi connectivity index (χ1) is 10.6. The number of hydrogen-bond donors (Lipinski definition) is 3. The lowest BCUT2D eigenvalue weighted by Gasteiger charge is -2.33. The van der Waals surface area contributed by atoms with Gasteiger partial charge in [-0.1, -0.05) is 0 Å². The van der Waals surface area contributed by atoms with Crippen LogP contribution in [0.2, 0.25) is 0 Å². The molecule has 2 aromatic rings. The number of nitrogens with one attached hydrogen (secondary N) is 2. The molecule has 1 heterocycles. The van der Waals surface area contributed by atoms with Crippen molar-refractivity contribution in [3.63, 3.8) is 0 Å². The first kappa shape index (κ1) is 13.4. The Balaban J connectivity index is 1.51. The molecule has 1 atom stereocenters. The molecule has 4 N–H and O–H groups in total. The van der Waals surface area contributed by atoms with E-state index in [2.05, 4.69) is 20.5 Å². The lowest BCUT2D eigenvalue weighted by Crippen LogP contribution is -2.40. The Labute approximate surface area is 126 Å². The van der Waals surface area contributed by atoms with Gasteiger partial charge in [0.1, 0.15) is 12.1 Å². The van der Waals surface area contributed by atoms with Crippen LogP contribution in [0.3, 0.4) is 0 Å². The summed E-state index contributed by atoms with van der Waals surface area (Å²) in [7, 11) is 0. The van der Waals surface area contributed by atoms with Crippen molar-refractivity contribution in [2.45, 2.75) is 25.3 Å². The van der Waals surface area contributed by atoms with Gasteiger partial charge in [0.25, 0.3) is 0 Å². The summed E-state index contributed by atoms with van der Waals surface area (Å²) >= 11 is 0. The minimum atomic E-state index is -0.461. The highest BCUT2D eigenvalue weighted by Crippen LogP contribution is 2.65. The maximum atomic E-state index is 13.9. The molecule has 2 aliphatic carbocycles. The summed E-state index contributed by atoms with van der Waals surface area (Å²) in [6.07, 6.45) is 4.03. The highest BCUT2D eigenvalue weighted by Gasteiger charge is 2.63. The molecule has 2 saturated carbocycles. The Kier molecular flexibility index (Phi) is 2.80. The van der Waals surface area contributed by atoms with E-state index in [4.69, 9.17) is 5.73 Å². The fourth-order valence-electron chi connectivity index (χ4n) is 3.49. The summed E-state index contributed by atoms with van der Waals surface area (Å²) in [5.74, 6) is -0.0962. The van der Waals surface area contributed by atoms with Gasteiger partial charge in [0.05, 0.1) is 5.69 Å². The van der Waals surface area contributed by atoms with Crippen molar-refractivity contribution in [2.75, 3.05) is 5.32 Å². The average molecular weight is 301 g/mol. The molecule has 2 aliphatic rings. The summed E-state index contributed by atoms with van der Waals surface area (Å²) in [5, 5.41) is 9.18. The second kappa shape index (κ2) is 4.61. The Morgan fingerprint density at radius 2 is 2.23 bits per heavy atom. The molecule has 0 bridgehead atoms. The van der Waals surface area contributed by atoms with Gasteiger partial charge in [-0.05, 0) is 42.9 Å². The molecule has 22 heavy (non-hydrogen) atoms. The number of carbonyl (C=O) groups is 1. The van der Waals surface area contributed by atoms with Gasteiger partial charge in [0, 0.05) is 17.5 Å². The number of anilines is 1. The number of nitrogens with two attached hydrogens (primary N) is 1. The predicted molar refractivity (Wildman–Crippen MR) is 78.2 cm³/mol. The van der Waals surface area contributed by atoms with Crippen LogP contribution in [0.5, 0.6) is 0 Å². The zero-order valence-corrected chi connectivity index (χ0v) is 11.8. The molecule has 0 aliphatic heterocycles. The molecule has 1 aromatic carbocycles. The van der Waals surface area contributed by atoms with Gasteiger partial charge in [-0.2, -0.15) is 5.10 Å². The van der Waals surface area contributed by atoms with Gasteiger partial charge in [-0.15, -0.1) is 0 Å². The van der Waals surface area contributed by atoms with E-state index in [0.717, 1.165) is 19.3 Å². The van der Waals surface area contributed by atoms with Crippen LogP contribution >= 0.6 is 0 Å². The highest BCUT2D eigenvalue weighted by atomic mass is 19.1. The van der Waals surface area contributed by atoms with Gasteiger partial charge >= 0.3 is 0 Å². The number of halogens is 1. The fraction of sp³-hybridized carbons (Fsp3) is 0.400. The van der Waals surface area contributed by atoms with Crippen LogP contribution in [0, 0.1) is 17.2 Å². The number of hydrogen-bond acceptors (Lipinski definition) is 4. The third kappa shape index (κ3) is 2.09. The quantitative estimate of drug-likeness (QED) is 0.803. The smallest absolute Gasteiger partial charge is 0.228 e. The number of benzene rings is 1. The number of nitrogens with zero attached hydrogens (tertiary/aromatic N) is 2. The van der Waals surface area contributed by atoms with Crippen LogP contribution in [0.1, 0.15) is 19.3 Å². The van der Waals surface area contributed by atoms with Crippen LogP contribution in [-0.2, 0) is 4.79 Å². The van der Waals surface area contributed by atoms with Gasteiger partial charge in [0.15, 0.2) is 5.82 Å². The molecule has 1 aromatic heterocycles. The molecule has 7 heteroatoms. The molecular formula is C15H16FN5O. The van der Waals surface area contributed by atoms with Gasteiger partial charge in [0.2, 0.25) is 5.91 Å². The van der Waals surface area contributed by atoms with Crippen molar-refractivity contribution in [1.29, 1.82) is 0 Å². The molecule has 1 spiro atoms. The minimum absolute atomic E-state index is 0.0411. The third-order valence-electron chi connectivity index (χ3n) is 4.76. The van der Waals surface area contributed by atoms with Crippen molar-refractivity contribution >= 4 is 11.6 Å². The first-order valence-corrected chi connectivity index (χ1v) is 7.29. The van der Waals surface area contributed by atoms with E-state index in [1.807, 2.05) is 0 Å². The van der Waals surface area contributed by atoms with E-state index in [-0.39, 0.29) is 29.0 Å². The molecule has 0 radical (unpaired) electrons. The van der Waals surface area contributed by atoms with E-state index < -0.39 is 5.82 Å². The van der Waals surface area contributed by atoms with Gasteiger partial charge in [-0.25, -0.2) is 9.37 Å². The average Bonchev–Trinajstić information content (AvgIpc) is 2.96. The van der Waals surface area contributed by atoms with Crippen molar-refractivity contribution in [2.24, 2.45) is 17.1 Å². The number of carbonyl (C=O) groups excluding carboxylic acids is 1. The Hall–Kier alpha value is -2.28. The summed E-state index contributed by atoms with van der Waals surface area (Å²) < 4.78 is 13.9. The Bertz CT molecular complexity index is 724. The molecule has 1 unspecified atom stereocenters. The summed E-state index contributed by atoms with van der Waals surface area (Å²) in [6, 6.07) is 4.68. The Morgan fingerprint density at radius 1 is 1.41 bits per heavy atom. The van der Waals surface area contributed by atoms with Crippen LogP contribution in [-0.4, -0.2) is 27.1 Å². The van der Waals surface area contributed by atoms with E-state index in [1.54, 1.807) is 12.1 Å². The van der Waals surface area contributed by atoms with Gasteiger partial charge in [-0.3, -0.25) is 9.89 Å². The minimum Gasteiger partial charge on any atom is -0.328 e. The number of aromatic amines is 1. The molecular weight excluding hydrogens is 285 g/mol. The standard InChI is InChI=1S/C15H16FN5O/c16-11-2-1-8(13-18-7-19-21-13)3-12(11)20-14(22)10-6-15(10)4-9(17)5-15/h1-3,7,9-10H,4-6,17H2,(H,20,22)(H,18,19,21). The molecule has 114 valence electrons. The molecule has 1 amide bonds. The highest BCUT2D eigenvalue weighted by molar-refractivity contribution is 5.95. The molecule has 2 fully saturated rings. The second-order valence-electron chi connectivity index (χ2n) is 6.31. The monoisotopic (exact) mass is 301 g/mol. The van der Waals surface area contributed by atoms with E-state index in [9.17, 15) is 9.18 Å². The normalized spacial score (nSPS) is 29.2. The second-order valence-corrected chi connectivity index (χ2v) is 6.31. The third-order valence-corrected chi connectivity index (χ3v) is 4.76. The molecule has 0 saturated heterocycles. The topological polar surface area (TPSA) is 96.7 Å². The number of aromatic nitrogens is 3. The zero-order chi connectivity index (χ0) is 15.3. The number of rotatable bonds is 3. The maximum Gasteiger partial charge on any atom is 0.228 e. The summed E-state index contributed by atoms with van der Waals surface area (Å²) in [4.78, 5) is 16.3. The molecule has 6 nitrogen and oxygen atoms in total. The van der Waals surface area contributed by atoms with Crippen LogP contribution < -0.4 is 11.1 Å². The SMILES string of the molecule is NC1CC2(C1)CC2C(=O)Nc1cc(-c2ncn[nH]2)ccc1F. The molecule has 4 rings (SSSR count). The van der Waals surface area contributed by atoms with E-state index in [0.29, 0.717) is 11.4 Å². The number of amides is 1. The predicted octanol–water partition coefficient (Wildman–Crippen LogP) is 1.68. The van der Waals surface area contributed by atoms with Gasteiger partial charge < -0.3 is 11.1 Å². The van der Waals surface area contributed by atoms with Crippen LogP contribution in [0.15, 0.2) is 24.5 Å².